The molecule has 0 radical (unpaired) electrons. The van der Waals surface area contributed by atoms with E-state index in [2.05, 4.69) is 50.4 Å². The van der Waals surface area contributed by atoms with Crippen LogP contribution in [0.2, 0.25) is 0 Å². The number of carbonyl (C=O) groups is 1. The van der Waals surface area contributed by atoms with E-state index in [9.17, 15) is 4.79 Å². The van der Waals surface area contributed by atoms with E-state index in [4.69, 9.17) is 14.5 Å². The SMILES string of the molecule is COc1ccc(CN2CC3CSC(NC(=O)c4ccccc4)=N[C@@]3(c3cccc(Br)c3)C2)c(OC)c1. The van der Waals surface area contributed by atoms with E-state index in [1.807, 2.05) is 48.5 Å². The normalized spacial score (nSPS) is 21.4. The predicted molar refractivity (Wildman–Crippen MR) is 148 cm³/mol. The van der Waals surface area contributed by atoms with Gasteiger partial charge in [0.2, 0.25) is 0 Å². The Morgan fingerprint density at radius 1 is 1.11 bits per heavy atom. The van der Waals surface area contributed by atoms with Gasteiger partial charge in [0.1, 0.15) is 17.0 Å². The summed E-state index contributed by atoms with van der Waals surface area (Å²) in [6.07, 6.45) is 0. The Morgan fingerprint density at radius 2 is 1.94 bits per heavy atom. The Morgan fingerprint density at radius 3 is 2.69 bits per heavy atom. The molecule has 0 saturated carbocycles. The first-order valence-corrected chi connectivity index (χ1v) is 13.6. The Kier molecular flexibility index (Phi) is 7.37. The van der Waals surface area contributed by atoms with Gasteiger partial charge in [-0.05, 0) is 35.9 Å². The lowest BCUT2D eigenvalue weighted by atomic mass is 9.82. The molecule has 1 fully saturated rings. The third kappa shape index (κ3) is 5.03. The number of hydrogen-bond donors (Lipinski definition) is 1. The van der Waals surface area contributed by atoms with Crippen LogP contribution in [0.15, 0.2) is 82.3 Å². The quantitative estimate of drug-likeness (QED) is 0.438. The van der Waals surface area contributed by atoms with Crippen molar-refractivity contribution in [2.45, 2.75) is 12.1 Å². The minimum Gasteiger partial charge on any atom is -0.497 e. The molecule has 36 heavy (non-hydrogen) atoms. The number of rotatable bonds is 6. The summed E-state index contributed by atoms with van der Waals surface area (Å²) in [7, 11) is 3.35. The van der Waals surface area contributed by atoms with E-state index < -0.39 is 5.54 Å². The number of aliphatic imine (C=N–C) groups is 1. The van der Waals surface area contributed by atoms with Gasteiger partial charge in [-0.2, -0.15) is 0 Å². The van der Waals surface area contributed by atoms with Gasteiger partial charge in [-0.1, -0.05) is 64.1 Å². The first-order chi connectivity index (χ1) is 17.5. The standard InChI is InChI=1S/C28H28BrN3O3S/c1-34-24-12-11-20(25(14-24)35-2)15-32-16-22-17-36-27(30-26(33)19-7-4-3-5-8-19)31-28(22,18-32)21-9-6-10-23(29)13-21/h3-14,22H,15-18H2,1-2H3,(H,30,31,33)/t22?,28-/m1/s1. The number of hydrogen-bond acceptors (Lipinski definition) is 6. The molecule has 3 aromatic rings. The highest BCUT2D eigenvalue weighted by molar-refractivity contribution is 9.10. The number of amidine groups is 1. The van der Waals surface area contributed by atoms with Crippen LogP contribution < -0.4 is 14.8 Å². The molecule has 186 valence electrons. The predicted octanol–water partition coefficient (Wildman–Crippen LogP) is 5.33. The number of likely N-dealkylation sites (tertiary alicyclic amines) is 1. The largest absolute Gasteiger partial charge is 0.497 e. The number of nitrogens with zero attached hydrogens (tertiary/aromatic N) is 2. The van der Waals surface area contributed by atoms with Crippen molar-refractivity contribution >= 4 is 38.8 Å². The molecule has 1 N–H and O–H groups in total. The highest BCUT2D eigenvalue weighted by atomic mass is 79.9. The number of carbonyl (C=O) groups excluding carboxylic acids is 1. The molecule has 6 nitrogen and oxygen atoms in total. The zero-order valence-electron chi connectivity index (χ0n) is 20.2. The van der Waals surface area contributed by atoms with Crippen molar-refractivity contribution in [1.29, 1.82) is 0 Å². The monoisotopic (exact) mass is 565 g/mol. The van der Waals surface area contributed by atoms with Crippen molar-refractivity contribution in [2.75, 3.05) is 33.1 Å². The van der Waals surface area contributed by atoms with Crippen LogP contribution >= 0.6 is 27.7 Å². The van der Waals surface area contributed by atoms with Crippen LogP contribution in [0.25, 0.3) is 0 Å². The van der Waals surface area contributed by atoms with Gasteiger partial charge in [0.15, 0.2) is 5.17 Å². The van der Waals surface area contributed by atoms with Crippen LogP contribution in [0.3, 0.4) is 0 Å². The fraction of sp³-hybridized carbons (Fsp3) is 0.286. The molecule has 2 aliphatic heterocycles. The summed E-state index contributed by atoms with van der Waals surface area (Å²) in [5, 5.41) is 3.73. The number of methoxy groups -OCH3 is 2. The molecular formula is C28H28BrN3O3S. The molecule has 2 atom stereocenters. The van der Waals surface area contributed by atoms with Crippen LogP contribution in [0.5, 0.6) is 11.5 Å². The summed E-state index contributed by atoms with van der Waals surface area (Å²) >= 11 is 5.26. The number of fused-ring (bicyclic) bond motifs is 1. The maximum Gasteiger partial charge on any atom is 0.257 e. The second kappa shape index (κ2) is 10.7. The maximum atomic E-state index is 12.9. The van der Waals surface area contributed by atoms with Gasteiger partial charge in [-0.15, -0.1) is 0 Å². The molecule has 0 aromatic heterocycles. The van der Waals surface area contributed by atoms with E-state index in [1.54, 1.807) is 26.0 Å². The number of benzene rings is 3. The summed E-state index contributed by atoms with van der Waals surface area (Å²) in [6.45, 7) is 2.39. The van der Waals surface area contributed by atoms with E-state index in [1.165, 1.54) is 0 Å². The molecule has 0 aliphatic carbocycles. The van der Waals surface area contributed by atoms with E-state index in [0.29, 0.717) is 16.6 Å². The van der Waals surface area contributed by atoms with Gasteiger partial charge < -0.3 is 14.8 Å². The van der Waals surface area contributed by atoms with Gasteiger partial charge in [-0.25, -0.2) is 4.99 Å². The Hall–Kier alpha value is -2.81. The van der Waals surface area contributed by atoms with Crippen molar-refractivity contribution in [3.8, 4) is 11.5 Å². The summed E-state index contributed by atoms with van der Waals surface area (Å²) in [5.74, 6) is 2.63. The van der Waals surface area contributed by atoms with Gasteiger partial charge in [0.25, 0.3) is 5.91 Å². The molecule has 0 bridgehead atoms. The fourth-order valence-corrected chi connectivity index (χ4v) is 6.56. The summed E-state index contributed by atoms with van der Waals surface area (Å²) < 4.78 is 12.0. The molecule has 8 heteroatoms. The summed E-state index contributed by atoms with van der Waals surface area (Å²) in [5.41, 5.74) is 2.43. The average Bonchev–Trinajstić information content (AvgIpc) is 3.28. The summed E-state index contributed by atoms with van der Waals surface area (Å²) in [4.78, 5) is 20.6. The zero-order valence-corrected chi connectivity index (χ0v) is 22.6. The molecule has 2 aliphatic rings. The second-order valence-corrected chi connectivity index (χ2v) is 11.0. The Balaban J connectivity index is 1.45. The minimum atomic E-state index is -0.450. The van der Waals surface area contributed by atoms with Crippen LogP contribution in [-0.2, 0) is 12.1 Å². The first-order valence-electron chi connectivity index (χ1n) is 11.8. The molecule has 0 spiro atoms. The van der Waals surface area contributed by atoms with Crippen LogP contribution in [0.1, 0.15) is 21.5 Å². The number of amides is 1. The second-order valence-electron chi connectivity index (χ2n) is 9.03. The number of nitrogens with one attached hydrogen (secondary N) is 1. The number of ether oxygens (including phenoxy) is 2. The highest BCUT2D eigenvalue weighted by Gasteiger charge is 2.50. The van der Waals surface area contributed by atoms with E-state index >= 15 is 0 Å². The van der Waals surface area contributed by atoms with Crippen molar-refractivity contribution < 1.29 is 14.3 Å². The molecule has 1 saturated heterocycles. The van der Waals surface area contributed by atoms with Crippen molar-refractivity contribution in [3.05, 3.63) is 94.0 Å². The van der Waals surface area contributed by atoms with Gasteiger partial charge in [-0.3, -0.25) is 9.69 Å². The Labute approximate surface area is 224 Å². The lowest BCUT2D eigenvalue weighted by Gasteiger charge is -2.36. The lowest BCUT2D eigenvalue weighted by Crippen LogP contribution is -2.42. The molecule has 2 heterocycles. The fourth-order valence-electron chi connectivity index (χ4n) is 5.02. The molecule has 1 unspecified atom stereocenters. The van der Waals surface area contributed by atoms with Gasteiger partial charge in [0, 0.05) is 53.0 Å². The number of thioether (sulfide) groups is 1. The third-order valence-electron chi connectivity index (χ3n) is 6.81. The van der Waals surface area contributed by atoms with E-state index in [0.717, 1.165) is 52.5 Å². The highest BCUT2D eigenvalue weighted by Crippen LogP contribution is 2.46. The molecular weight excluding hydrogens is 538 g/mol. The van der Waals surface area contributed by atoms with Crippen molar-refractivity contribution in [2.24, 2.45) is 10.9 Å². The average molecular weight is 567 g/mol. The number of halogens is 1. The smallest absolute Gasteiger partial charge is 0.257 e. The van der Waals surface area contributed by atoms with E-state index in [-0.39, 0.29) is 5.91 Å². The van der Waals surface area contributed by atoms with Gasteiger partial charge >= 0.3 is 0 Å². The van der Waals surface area contributed by atoms with Crippen LogP contribution in [0, 0.1) is 5.92 Å². The topological polar surface area (TPSA) is 63.2 Å². The molecule has 5 rings (SSSR count). The summed E-state index contributed by atoms with van der Waals surface area (Å²) in [6, 6.07) is 23.6. The molecule has 3 aromatic carbocycles. The van der Waals surface area contributed by atoms with Crippen LogP contribution in [-0.4, -0.2) is 49.0 Å². The maximum absolute atomic E-state index is 12.9. The van der Waals surface area contributed by atoms with Crippen LogP contribution in [0.4, 0.5) is 0 Å². The van der Waals surface area contributed by atoms with Crippen molar-refractivity contribution in [3.63, 3.8) is 0 Å². The van der Waals surface area contributed by atoms with Crippen molar-refractivity contribution in [1.82, 2.24) is 10.2 Å². The zero-order chi connectivity index (χ0) is 25.1. The first kappa shape index (κ1) is 24.9. The minimum absolute atomic E-state index is 0.137. The lowest BCUT2D eigenvalue weighted by molar-refractivity contribution is 0.0977. The molecule has 1 amide bonds. The third-order valence-corrected chi connectivity index (χ3v) is 8.34. The Bertz CT molecular complexity index is 1290. The van der Waals surface area contributed by atoms with Gasteiger partial charge in [0.05, 0.1) is 14.2 Å².